The van der Waals surface area contributed by atoms with Gasteiger partial charge < -0.3 is 15.8 Å². The Kier molecular flexibility index (Phi) is 6.72. The van der Waals surface area contributed by atoms with E-state index in [4.69, 9.17) is 22.1 Å². The fourth-order valence-corrected chi connectivity index (χ4v) is 2.13. The third kappa shape index (κ3) is 5.33. The molecule has 0 saturated heterocycles. The first-order valence-corrected chi connectivity index (χ1v) is 7.93. The van der Waals surface area contributed by atoms with Crippen LogP contribution in [0.1, 0.15) is 19.4 Å². The zero-order chi connectivity index (χ0) is 17.4. The maximum absolute atomic E-state index is 5.77. The minimum atomic E-state index is -0.201. The third-order valence-electron chi connectivity index (χ3n) is 3.13. The van der Waals surface area contributed by atoms with Crippen LogP contribution in [0, 0.1) is 0 Å². The first kappa shape index (κ1) is 17.9. The fraction of sp³-hybridized carbons (Fsp3) is 0.235. The molecule has 0 radical (unpaired) electrons. The van der Waals surface area contributed by atoms with Crippen LogP contribution < -0.4 is 11.1 Å². The van der Waals surface area contributed by atoms with Crippen molar-refractivity contribution in [1.82, 2.24) is 9.97 Å². The average Bonchev–Trinajstić information content (AvgIpc) is 2.57. The number of anilines is 2. The number of allylic oxidation sites excluding steroid dienone is 1. The van der Waals surface area contributed by atoms with Gasteiger partial charge in [-0.15, -0.1) is 0 Å². The number of aliphatic imine (C=N–C) groups is 1. The van der Waals surface area contributed by atoms with Crippen molar-refractivity contribution in [1.29, 1.82) is 0 Å². The number of rotatable bonds is 7. The highest BCUT2D eigenvalue weighted by molar-refractivity contribution is 6.28. The molecule has 1 unspecified atom stereocenters. The Morgan fingerprint density at radius 1 is 1.38 bits per heavy atom. The minimum absolute atomic E-state index is 0.199. The molecule has 0 amide bonds. The highest BCUT2D eigenvalue weighted by Gasteiger charge is 2.02. The van der Waals surface area contributed by atoms with Crippen LogP contribution in [0.5, 0.6) is 0 Å². The second-order valence-electron chi connectivity index (χ2n) is 4.87. The Labute approximate surface area is 146 Å². The van der Waals surface area contributed by atoms with Gasteiger partial charge in [0, 0.05) is 36.5 Å². The largest absolute Gasteiger partial charge is 0.404 e. The van der Waals surface area contributed by atoms with Crippen molar-refractivity contribution >= 4 is 34.9 Å². The summed E-state index contributed by atoms with van der Waals surface area (Å²) in [6.45, 7) is 4.43. The van der Waals surface area contributed by atoms with Crippen molar-refractivity contribution in [2.45, 2.75) is 20.1 Å². The standard InChI is InChI=1S/C17H20ClN5O/c1-3-24-12(2)21-11-14(10-19)13-4-6-15(7-5-13)22-16-8-9-20-17(18)23-16/h4-12H,3,19H2,1-2H3,(H,20,22,23). The van der Waals surface area contributed by atoms with Gasteiger partial charge in [0.15, 0.2) is 0 Å². The first-order chi connectivity index (χ1) is 11.6. The average molecular weight is 346 g/mol. The van der Waals surface area contributed by atoms with Gasteiger partial charge >= 0.3 is 0 Å². The van der Waals surface area contributed by atoms with E-state index in [0.29, 0.717) is 12.4 Å². The zero-order valence-electron chi connectivity index (χ0n) is 13.6. The molecule has 7 heteroatoms. The number of nitrogens with zero attached hydrogens (tertiary/aromatic N) is 3. The predicted octanol–water partition coefficient (Wildman–Crippen LogP) is 3.63. The van der Waals surface area contributed by atoms with Gasteiger partial charge in [0.2, 0.25) is 5.28 Å². The van der Waals surface area contributed by atoms with Crippen LogP contribution in [0.25, 0.3) is 5.57 Å². The molecular formula is C17H20ClN5O. The van der Waals surface area contributed by atoms with E-state index in [1.165, 1.54) is 6.20 Å². The number of benzene rings is 1. The summed E-state index contributed by atoms with van der Waals surface area (Å²) in [5.74, 6) is 0.629. The molecule has 126 valence electrons. The SMILES string of the molecule is CCOC(C)N=CC(=CN)c1ccc(Nc2ccnc(Cl)n2)cc1. The van der Waals surface area contributed by atoms with E-state index in [0.717, 1.165) is 16.8 Å². The lowest BCUT2D eigenvalue weighted by Crippen LogP contribution is -2.05. The highest BCUT2D eigenvalue weighted by atomic mass is 35.5. The predicted molar refractivity (Wildman–Crippen MR) is 98.5 cm³/mol. The molecule has 0 aliphatic heterocycles. The molecule has 1 aromatic carbocycles. The van der Waals surface area contributed by atoms with Gasteiger partial charge in [-0.1, -0.05) is 12.1 Å². The van der Waals surface area contributed by atoms with E-state index in [9.17, 15) is 0 Å². The fourth-order valence-electron chi connectivity index (χ4n) is 1.98. The number of hydrogen-bond acceptors (Lipinski definition) is 6. The molecular weight excluding hydrogens is 326 g/mol. The van der Waals surface area contributed by atoms with Gasteiger partial charge in [-0.05, 0) is 49.2 Å². The molecule has 0 aliphatic rings. The number of nitrogens with one attached hydrogen (secondary N) is 1. The molecule has 2 aromatic rings. The number of aromatic nitrogens is 2. The van der Waals surface area contributed by atoms with Crippen molar-refractivity contribution in [2.75, 3.05) is 11.9 Å². The monoisotopic (exact) mass is 345 g/mol. The van der Waals surface area contributed by atoms with Gasteiger partial charge in [-0.25, -0.2) is 9.97 Å². The van der Waals surface area contributed by atoms with E-state index < -0.39 is 0 Å². The lowest BCUT2D eigenvalue weighted by atomic mass is 10.1. The normalized spacial score (nSPS) is 13.2. The Bertz CT molecular complexity index is 715. The summed E-state index contributed by atoms with van der Waals surface area (Å²) in [5, 5.41) is 3.35. The smallest absolute Gasteiger partial charge is 0.224 e. The molecule has 0 saturated carbocycles. The van der Waals surface area contributed by atoms with Crippen molar-refractivity contribution in [3.05, 3.63) is 53.6 Å². The van der Waals surface area contributed by atoms with E-state index in [1.807, 2.05) is 38.1 Å². The Morgan fingerprint density at radius 2 is 2.12 bits per heavy atom. The summed E-state index contributed by atoms with van der Waals surface area (Å²) in [4.78, 5) is 12.2. The van der Waals surface area contributed by atoms with Crippen LogP contribution in [-0.2, 0) is 4.74 Å². The van der Waals surface area contributed by atoms with Crippen LogP contribution in [0.4, 0.5) is 11.5 Å². The molecule has 3 N–H and O–H groups in total. The highest BCUT2D eigenvalue weighted by Crippen LogP contribution is 2.19. The van der Waals surface area contributed by atoms with Crippen molar-refractivity contribution in [2.24, 2.45) is 10.7 Å². The number of ether oxygens (including phenoxy) is 1. The van der Waals surface area contributed by atoms with Gasteiger partial charge in [0.05, 0.1) is 0 Å². The molecule has 0 bridgehead atoms. The second kappa shape index (κ2) is 9.00. The zero-order valence-corrected chi connectivity index (χ0v) is 14.4. The lowest BCUT2D eigenvalue weighted by molar-refractivity contribution is 0.0836. The Morgan fingerprint density at radius 3 is 2.75 bits per heavy atom. The van der Waals surface area contributed by atoms with E-state index in [1.54, 1.807) is 18.5 Å². The van der Waals surface area contributed by atoms with Gasteiger partial charge in [0.1, 0.15) is 12.0 Å². The van der Waals surface area contributed by atoms with E-state index in [2.05, 4.69) is 20.3 Å². The van der Waals surface area contributed by atoms with Crippen LogP contribution in [-0.4, -0.2) is 29.0 Å². The first-order valence-electron chi connectivity index (χ1n) is 7.55. The summed E-state index contributed by atoms with van der Waals surface area (Å²) >= 11 is 5.77. The quantitative estimate of drug-likeness (QED) is 0.591. The van der Waals surface area contributed by atoms with E-state index >= 15 is 0 Å². The molecule has 0 spiro atoms. The number of hydrogen-bond donors (Lipinski definition) is 2. The van der Waals surface area contributed by atoms with E-state index in [-0.39, 0.29) is 11.5 Å². The summed E-state index contributed by atoms with van der Waals surface area (Å²) in [5.41, 5.74) is 8.35. The molecule has 0 fully saturated rings. The maximum Gasteiger partial charge on any atom is 0.224 e. The topological polar surface area (TPSA) is 85.4 Å². The summed E-state index contributed by atoms with van der Waals surface area (Å²) < 4.78 is 5.37. The molecule has 24 heavy (non-hydrogen) atoms. The Balaban J connectivity index is 2.07. The van der Waals surface area contributed by atoms with Crippen molar-refractivity contribution in [3.63, 3.8) is 0 Å². The van der Waals surface area contributed by atoms with Crippen LogP contribution in [0.3, 0.4) is 0 Å². The molecule has 1 aromatic heterocycles. The summed E-state index contributed by atoms with van der Waals surface area (Å²) in [6.07, 6.45) is 4.63. The van der Waals surface area contributed by atoms with Crippen LogP contribution >= 0.6 is 11.6 Å². The molecule has 2 rings (SSSR count). The maximum atomic E-state index is 5.77. The van der Waals surface area contributed by atoms with Crippen molar-refractivity contribution < 1.29 is 4.74 Å². The molecule has 6 nitrogen and oxygen atoms in total. The second-order valence-corrected chi connectivity index (χ2v) is 5.21. The number of halogens is 1. The summed E-state index contributed by atoms with van der Waals surface area (Å²) in [6, 6.07) is 9.48. The van der Waals surface area contributed by atoms with Gasteiger partial charge in [-0.2, -0.15) is 0 Å². The molecule has 1 atom stereocenters. The lowest BCUT2D eigenvalue weighted by Gasteiger charge is -2.08. The van der Waals surface area contributed by atoms with Gasteiger partial charge in [0.25, 0.3) is 0 Å². The molecule has 1 heterocycles. The van der Waals surface area contributed by atoms with Crippen LogP contribution in [0.2, 0.25) is 5.28 Å². The summed E-state index contributed by atoms with van der Waals surface area (Å²) in [7, 11) is 0. The van der Waals surface area contributed by atoms with Gasteiger partial charge in [-0.3, -0.25) is 4.99 Å². The number of nitrogens with two attached hydrogens (primary N) is 1. The Hall–Kier alpha value is -2.44. The molecule has 0 aliphatic carbocycles. The van der Waals surface area contributed by atoms with Crippen LogP contribution in [0.15, 0.2) is 47.7 Å². The van der Waals surface area contributed by atoms with Crippen molar-refractivity contribution in [3.8, 4) is 0 Å². The minimum Gasteiger partial charge on any atom is -0.404 e. The third-order valence-corrected chi connectivity index (χ3v) is 3.31.